The van der Waals surface area contributed by atoms with Gasteiger partial charge in [0.25, 0.3) is 5.91 Å². The summed E-state index contributed by atoms with van der Waals surface area (Å²) in [5.41, 5.74) is 4.97. The van der Waals surface area contributed by atoms with Crippen molar-refractivity contribution in [1.29, 1.82) is 0 Å². The smallest absolute Gasteiger partial charge is 0.280 e. The van der Waals surface area contributed by atoms with Gasteiger partial charge in [-0.1, -0.05) is 11.6 Å². The van der Waals surface area contributed by atoms with Crippen LogP contribution in [0.2, 0.25) is 5.02 Å². The van der Waals surface area contributed by atoms with Crippen molar-refractivity contribution in [2.45, 2.75) is 26.9 Å². The summed E-state index contributed by atoms with van der Waals surface area (Å²) in [6, 6.07) is 12.7. The lowest BCUT2D eigenvalue weighted by molar-refractivity contribution is -0.127. The van der Waals surface area contributed by atoms with Crippen molar-refractivity contribution in [3.8, 4) is 11.5 Å². The van der Waals surface area contributed by atoms with E-state index < -0.39 is 6.10 Å². The van der Waals surface area contributed by atoms with Gasteiger partial charge in [-0.3, -0.25) is 4.79 Å². The van der Waals surface area contributed by atoms with E-state index in [0.29, 0.717) is 16.5 Å². The van der Waals surface area contributed by atoms with E-state index >= 15 is 0 Å². The quantitative estimate of drug-likeness (QED) is 0.626. The lowest BCUT2D eigenvalue weighted by Crippen LogP contribution is -2.34. The maximum Gasteiger partial charge on any atom is 0.280 e. The third kappa shape index (κ3) is 5.22. The molecular weight excluding hydrogens is 340 g/mol. The number of carbonyl (C=O) groups excluding carboxylic acids is 1. The summed E-state index contributed by atoms with van der Waals surface area (Å²) in [4.78, 5) is 12.2. The van der Waals surface area contributed by atoms with Gasteiger partial charge in [-0.05, 0) is 74.4 Å². The Labute approximate surface area is 152 Å². The van der Waals surface area contributed by atoms with Crippen molar-refractivity contribution in [2.75, 3.05) is 7.11 Å². The molecule has 0 aliphatic carbocycles. The highest BCUT2D eigenvalue weighted by Gasteiger charge is 2.15. The molecule has 1 amide bonds. The molecule has 0 aliphatic rings. The molecule has 0 saturated heterocycles. The summed E-state index contributed by atoms with van der Waals surface area (Å²) in [5, 5.41) is 4.75. The zero-order valence-electron chi connectivity index (χ0n) is 14.7. The SMILES string of the molecule is COc1ccc(/C(C)=N/NC(=O)C(C)Oc2ccc(Cl)cc2C)cc1. The van der Waals surface area contributed by atoms with E-state index in [4.69, 9.17) is 21.1 Å². The van der Waals surface area contributed by atoms with Gasteiger partial charge in [0.05, 0.1) is 12.8 Å². The molecule has 0 heterocycles. The number of carbonyl (C=O) groups is 1. The number of benzene rings is 2. The Bertz CT molecular complexity index is 773. The summed E-state index contributed by atoms with van der Waals surface area (Å²) in [5.74, 6) is 1.05. The predicted molar refractivity (Wildman–Crippen MR) is 99.6 cm³/mol. The van der Waals surface area contributed by atoms with E-state index in [2.05, 4.69) is 10.5 Å². The van der Waals surface area contributed by atoms with Crippen molar-refractivity contribution in [3.63, 3.8) is 0 Å². The van der Waals surface area contributed by atoms with Crippen LogP contribution in [0.3, 0.4) is 0 Å². The van der Waals surface area contributed by atoms with Crippen LogP contribution in [0.25, 0.3) is 0 Å². The van der Waals surface area contributed by atoms with Gasteiger partial charge in [0.2, 0.25) is 0 Å². The topological polar surface area (TPSA) is 59.9 Å². The highest BCUT2D eigenvalue weighted by Crippen LogP contribution is 2.22. The van der Waals surface area contributed by atoms with Gasteiger partial charge in [-0.2, -0.15) is 5.10 Å². The molecule has 25 heavy (non-hydrogen) atoms. The Morgan fingerprint density at radius 2 is 1.88 bits per heavy atom. The second-order valence-electron chi connectivity index (χ2n) is 5.57. The molecule has 5 nitrogen and oxygen atoms in total. The lowest BCUT2D eigenvalue weighted by Gasteiger charge is -2.15. The van der Waals surface area contributed by atoms with Crippen molar-refractivity contribution in [3.05, 3.63) is 58.6 Å². The van der Waals surface area contributed by atoms with Crippen molar-refractivity contribution < 1.29 is 14.3 Å². The minimum atomic E-state index is -0.688. The number of hydrogen-bond donors (Lipinski definition) is 1. The van der Waals surface area contributed by atoms with Crippen molar-refractivity contribution >= 4 is 23.2 Å². The van der Waals surface area contributed by atoms with Gasteiger partial charge in [0, 0.05) is 5.02 Å². The number of aryl methyl sites for hydroxylation is 1. The molecule has 2 rings (SSSR count). The molecule has 1 N–H and O–H groups in total. The van der Waals surface area contributed by atoms with E-state index in [1.807, 2.05) is 38.1 Å². The van der Waals surface area contributed by atoms with Crippen LogP contribution in [0, 0.1) is 6.92 Å². The molecule has 132 valence electrons. The molecule has 0 fully saturated rings. The Hall–Kier alpha value is -2.53. The molecule has 0 radical (unpaired) electrons. The molecule has 0 saturated carbocycles. The monoisotopic (exact) mass is 360 g/mol. The summed E-state index contributed by atoms with van der Waals surface area (Å²) < 4.78 is 10.8. The molecule has 2 aromatic rings. The van der Waals surface area contributed by atoms with Crippen molar-refractivity contribution in [2.24, 2.45) is 5.10 Å². The minimum absolute atomic E-state index is 0.331. The minimum Gasteiger partial charge on any atom is -0.497 e. The van der Waals surface area contributed by atoms with Crippen LogP contribution in [0.1, 0.15) is 25.0 Å². The zero-order valence-corrected chi connectivity index (χ0v) is 15.4. The molecule has 6 heteroatoms. The Morgan fingerprint density at radius 1 is 1.20 bits per heavy atom. The summed E-state index contributed by atoms with van der Waals surface area (Å²) in [6.45, 7) is 5.36. The second-order valence-corrected chi connectivity index (χ2v) is 6.01. The van der Waals surface area contributed by atoms with Gasteiger partial charge < -0.3 is 9.47 Å². The fourth-order valence-corrected chi connectivity index (χ4v) is 2.34. The number of halogens is 1. The van der Waals surface area contributed by atoms with Crippen LogP contribution >= 0.6 is 11.6 Å². The molecule has 1 unspecified atom stereocenters. The number of hydrazone groups is 1. The number of nitrogens with zero attached hydrogens (tertiary/aromatic N) is 1. The molecule has 2 aromatic carbocycles. The fraction of sp³-hybridized carbons (Fsp3) is 0.263. The van der Waals surface area contributed by atoms with E-state index in [9.17, 15) is 4.79 Å². The van der Waals surface area contributed by atoms with Crippen molar-refractivity contribution in [1.82, 2.24) is 5.43 Å². The molecule has 0 spiro atoms. The van der Waals surface area contributed by atoms with Gasteiger partial charge in [0.15, 0.2) is 6.10 Å². The van der Waals surface area contributed by atoms with Crippen LogP contribution < -0.4 is 14.9 Å². The highest BCUT2D eigenvalue weighted by atomic mass is 35.5. The second kappa shape index (κ2) is 8.53. The first kappa shape index (κ1) is 18.8. The fourth-order valence-electron chi connectivity index (χ4n) is 2.12. The molecule has 0 aromatic heterocycles. The molecular formula is C19H21ClN2O3. The Balaban J connectivity index is 1.97. The predicted octanol–water partition coefficient (Wildman–Crippen LogP) is 3.96. The third-order valence-electron chi connectivity index (χ3n) is 3.65. The largest absolute Gasteiger partial charge is 0.497 e. The zero-order chi connectivity index (χ0) is 18.4. The normalized spacial score (nSPS) is 12.4. The van der Waals surface area contributed by atoms with Gasteiger partial charge >= 0.3 is 0 Å². The maximum absolute atomic E-state index is 12.2. The van der Waals surface area contributed by atoms with Gasteiger partial charge in [-0.25, -0.2) is 5.43 Å². The van der Waals surface area contributed by atoms with Gasteiger partial charge in [0.1, 0.15) is 11.5 Å². The Kier molecular flexibility index (Phi) is 6.42. The first-order valence-electron chi connectivity index (χ1n) is 7.82. The number of ether oxygens (including phenoxy) is 2. The van der Waals surface area contributed by atoms with Crippen LogP contribution in [0.15, 0.2) is 47.6 Å². The number of rotatable bonds is 6. The van der Waals surface area contributed by atoms with Crippen LogP contribution in [-0.2, 0) is 4.79 Å². The highest BCUT2D eigenvalue weighted by molar-refractivity contribution is 6.30. The van der Waals surface area contributed by atoms with E-state index in [1.54, 1.807) is 32.2 Å². The third-order valence-corrected chi connectivity index (χ3v) is 3.89. The first-order valence-corrected chi connectivity index (χ1v) is 8.20. The van der Waals surface area contributed by atoms with Gasteiger partial charge in [-0.15, -0.1) is 0 Å². The van der Waals surface area contributed by atoms with E-state index in [1.165, 1.54) is 0 Å². The van der Waals surface area contributed by atoms with E-state index in [-0.39, 0.29) is 5.91 Å². The number of hydrogen-bond acceptors (Lipinski definition) is 4. The average molecular weight is 361 g/mol. The number of methoxy groups -OCH3 is 1. The first-order chi connectivity index (χ1) is 11.9. The molecule has 1 atom stereocenters. The van der Waals surface area contributed by atoms with Crippen LogP contribution in [-0.4, -0.2) is 24.8 Å². The summed E-state index contributed by atoms with van der Waals surface area (Å²) in [7, 11) is 1.61. The molecule has 0 aliphatic heterocycles. The van der Waals surface area contributed by atoms with E-state index in [0.717, 1.165) is 16.9 Å². The van der Waals surface area contributed by atoms with Crippen LogP contribution in [0.4, 0.5) is 0 Å². The average Bonchev–Trinajstić information content (AvgIpc) is 2.61. The van der Waals surface area contributed by atoms with Crippen LogP contribution in [0.5, 0.6) is 11.5 Å². The number of amides is 1. The Morgan fingerprint density at radius 3 is 2.48 bits per heavy atom. The number of nitrogens with one attached hydrogen (secondary N) is 1. The molecule has 0 bridgehead atoms. The lowest BCUT2D eigenvalue weighted by atomic mass is 10.1. The summed E-state index contributed by atoms with van der Waals surface area (Å²) >= 11 is 5.92. The maximum atomic E-state index is 12.2. The standard InChI is InChI=1S/C19H21ClN2O3/c1-12-11-16(20)7-10-18(12)25-14(3)19(23)22-21-13(2)15-5-8-17(24-4)9-6-15/h5-11,14H,1-4H3,(H,22,23)/b21-13+. The summed E-state index contributed by atoms with van der Waals surface area (Å²) in [6.07, 6.45) is -0.688.